The van der Waals surface area contributed by atoms with E-state index in [1.807, 2.05) is 29.6 Å². The number of anilines is 1. The summed E-state index contributed by atoms with van der Waals surface area (Å²) in [6.45, 7) is 2.82. The van der Waals surface area contributed by atoms with Gasteiger partial charge in [-0.1, -0.05) is 25.5 Å². The zero-order chi connectivity index (χ0) is 21.3. The van der Waals surface area contributed by atoms with Gasteiger partial charge in [-0.3, -0.25) is 20.2 Å². The second-order valence-electron chi connectivity index (χ2n) is 6.44. The van der Waals surface area contributed by atoms with E-state index in [2.05, 4.69) is 17.2 Å². The van der Waals surface area contributed by atoms with Crippen LogP contribution in [0.2, 0.25) is 0 Å². The van der Waals surface area contributed by atoms with Crippen LogP contribution in [0.15, 0.2) is 60.0 Å². The van der Waals surface area contributed by atoms with E-state index in [4.69, 9.17) is 4.74 Å². The fourth-order valence-corrected chi connectivity index (χ4v) is 3.30. The van der Waals surface area contributed by atoms with Gasteiger partial charge in [-0.05, 0) is 42.3 Å². The molecule has 0 saturated heterocycles. The first-order chi connectivity index (χ1) is 14.5. The van der Waals surface area contributed by atoms with Crippen molar-refractivity contribution in [3.8, 4) is 17.0 Å². The highest BCUT2D eigenvalue weighted by Gasteiger charge is 2.08. The van der Waals surface area contributed by atoms with Crippen molar-refractivity contribution in [1.82, 2.24) is 4.98 Å². The van der Waals surface area contributed by atoms with Crippen molar-refractivity contribution in [3.05, 3.63) is 75.7 Å². The van der Waals surface area contributed by atoms with Crippen LogP contribution < -0.4 is 10.1 Å². The average molecular weight is 423 g/mol. The molecule has 7 nitrogen and oxygen atoms in total. The van der Waals surface area contributed by atoms with Gasteiger partial charge >= 0.3 is 0 Å². The Morgan fingerprint density at radius 3 is 2.80 bits per heavy atom. The van der Waals surface area contributed by atoms with E-state index in [9.17, 15) is 14.9 Å². The lowest BCUT2D eigenvalue weighted by Gasteiger charge is -2.05. The minimum atomic E-state index is -0.474. The van der Waals surface area contributed by atoms with E-state index in [0.29, 0.717) is 17.3 Å². The van der Waals surface area contributed by atoms with Crippen LogP contribution >= 0.6 is 11.3 Å². The molecule has 3 aromatic rings. The molecule has 1 N–H and O–H groups in total. The van der Waals surface area contributed by atoms with Gasteiger partial charge in [0.2, 0.25) is 5.91 Å². The lowest BCUT2D eigenvalue weighted by atomic mass is 10.2. The molecule has 0 aliphatic heterocycles. The van der Waals surface area contributed by atoms with Gasteiger partial charge in [0.25, 0.3) is 5.69 Å². The zero-order valence-electron chi connectivity index (χ0n) is 16.4. The number of ether oxygens (including phenoxy) is 1. The molecule has 0 spiro atoms. The summed E-state index contributed by atoms with van der Waals surface area (Å²) in [5.74, 6) is 0.462. The number of benzene rings is 2. The van der Waals surface area contributed by atoms with E-state index in [1.54, 1.807) is 12.1 Å². The number of rotatable bonds is 9. The first kappa shape index (κ1) is 21.2. The Kier molecular flexibility index (Phi) is 7.29. The third-order valence-corrected chi connectivity index (χ3v) is 4.92. The van der Waals surface area contributed by atoms with Gasteiger partial charge in [-0.15, -0.1) is 11.3 Å². The summed E-state index contributed by atoms with van der Waals surface area (Å²) in [4.78, 5) is 26.9. The van der Waals surface area contributed by atoms with Crippen molar-refractivity contribution in [2.75, 3.05) is 11.9 Å². The molecule has 0 atom stereocenters. The van der Waals surface area contributed by atoms with E-state index >= 15 is 0 Å². The molecule has 2 aromatic carbocycles. The van der Waals surface area contributed by atoms with Crippen molar-refractivity contribution < 1.29 is 14.5 Å². The molecule has 154 valence electrons. The summed E-state index contributed by atoms with van der Waals surface area (Å²) in [6, 6.07) is 13.7. The predicted molar refractivity (Wildman–Crippen MR) is 119 cm³/mol. The van der Waals surface area contributed by atoms with Crippen LogP contribution in [0.4, 0.5) is 10.8 Å². The summed E-state index contributed by atoms with van der Waals surface area (Å²) in [5, 5.41) is 15.9. The van der Waals surface area contributed by atoms with Crippen LogP contribution in [-0.2, 0) is 4.79 Å². The molecule has 3 rings (SSSR count). The number of non-ortho nitro benzene ring substituents is 1. The maximum Gasteiger partial charge on any atom is 0.270 e. The fraction of sp³-hybridized carbons (Fsp3) is 0.182. The molecule has 0 fully saturated rings. The predicted octanol–water partition coefficient (Wildman–Crippen LogP) is 5.55. The maximum atomic E-state index is 12.1. The number of carbonyl (C=O) groups is 1. The number of thiazole rings is 1. The number of nitro groups is 1. The third kappa shape index (κ3) is 5.99. The van der Waals surface area contributed by atoms with E-state index < -0.39 is 4.92 Å². The van der Waals surface area contributed by atoms with Crippen LogP contribution in [-0.4, -0.2) is 22.4 Å². The molecule has 0 aliphatic rings. The van der Waals surface area contributed by atoms with Gasteiger partial charge in [0.15, 0.2) is 5.13 Å². The molecule has 1 amide bonds. The number of unbranched alkanes of at least 4 members (excludes halogenated alkanes) is 1. The summed E-state index contributed by atoms with van der Waals surface area (Å²) < 4.78 is 5.66. The molecule has 0 bridgehead atoms. The average Bonchev–Trinajstić information content (AvgIpc) is 3.21. The standard InChI is InChI=1S/C22H21N3O4S/c1-2-3-13-29-19-10-8-17(9-11-19)20-15-30-22(23-20)24-21(26)12-7-16-5-4-6-18(14-16)25(27)28/h4-12,14-15H,2-3,13H2,1H3,(H,23,24,26). The van der Waals surface area contributed by atoms with Crippen LogP contribution in [0.5, 0.6) is 5.75 Å². The molecule has 30 heavy (non-hydrogen) atoms. The molecular weight excluding hydrogens is 402 g/mol. The number of nitro benzene ring substituents is 1. The van der Waals surface area contributed by atoms with Crippen molar-refractivity contribution in [3.63, 3.8) is 0 Å². The Morgan fingerprint density at radius 1 is 1.27 bits per heavy atom. The lowest BCUT2D eigenvalue weighted by molar-refractivity contribution is -0.384. The third-order valence-electron chi connectivity index (χ3n) is 4.16. The Morgan fingerprint density at radius 2 is 2.07 bits per heavy atom. The number of amides is 1. The number of carbonyl (C=O) groups excluding carboxylic acids is 1. The minimum Gasteiger partial charge on any atom is -0.494 e. The van der Waals surface area contributed by atoms with Crippen LogP contribution in [0.1, 0.15) is 25.3 Å². The van der Waals surface area contributed by atoms with E-state index in [1.165, 1.54) is 35.6 Å². The topological polar surface area (TPSA) is 94.4 Å². The van der Waals surface area contributed by atoms with Gasteiger partial charge in [0.1, 0.15) is 5.75 Å². The largest absolute Gasteiger partial charge is 0.494 e. The molecule has 1 heterocycles. The number of hydrogen-bond acceptors (Lipinski definition) is 6. The van der Waals surface area contributed by atoms with Crippen LogP contribution in [0.25, 0.3) is 17.3 Å². The van der Waals surface area contributed by atoms with Crippen molar-refractivity contribution in [2.45, 2.75) is 19.8 Å². The Bertz CT molecular complexity index is 1040. The monoisotopic (exact) mass is 423 g/mol. The quantitative estimate of drug-likeness (QED) is 0.211. The van der Waals surface area contributed by atoms with Crippen LogP contribution in [0.3, 0.4) is 0 Å². The van der Waals surface area contributed by atoms with E-state index in [0.717, 1.165) is 29.8 Å². The van der Waals surface area contributed by atoms with Gasteiger partial charge in [0, 0.05) is 29.2 Å². The van der Waals surface area contributed by atoms with E-state index in [-0.39, 0.29) is 11.6 Å². The highest BCUT2D eigenvalue weighted by Crippen LogP contribution is 2.26. The van der Waals surface area contributed by atoms with Gasteiger partial charge in [-0.2, -0.15) is 0 Å². The fourth-order valence-electron chi connectivity index (χ4n) is 2.58. The van der Waals surface area contributed by atoms with Crippen LogP contribution in [0, 0.1) is 10.1 Å². The highest BCUT2D eigenvalue weighted by molar-refractivity contribution is 7.14. The number of nitrogens with one attached hydrogen (secondary N) is 1. The Labute approximate surface area is 178 Å². The molecular formula is C22H21N3O4S. The Balaban J connectivity index is 1.59. The smallest absolute Gasteiger partial charge is 0.270 e. The molecule has 0 saturated carbocycles. The second kappa shape index (κ2) is 10.3. The second-order valence-corrected chi connectivity index (χ2v) is 7.30. The first-order valence-electron chi connectivity index (χ1n) is 9.47. The highest BCUT2D eigenvalue weighted by atomic mass is 32.1. The minimum absolute atomic E-state index is 0.0242. The normalized spacial score (nSPS) is 10.8. The molecule has 0 aliphatic carbocycles. The Hall–Kier alpha value is -3.52. The SMILES string of the molecule is CCCCOc1ccc(-c2csc(NC(=O)C=Cc3cccc([N+](=O)[O-])c3)n2)cc1. The van der Waals surface area contributed by atoms with Crippen molar-refractivity contribution in [2.24, 2.45) is 0 Å². The molecule has 8 heteroatoms. The first-order valence-corrected chi connectivity index (χ1v) is 10.4. The van der Waals surface area contributed by atoms with Gasteiger partial charge < -0.3 is 4.74 Å². The molecule has 0 unspecified atom stereocenters. The number of aromatic nitrogens is 1. The summed E-state index contributed by atoms with van der Waals surface area (Å²) in [5.41, 5.74) is 2.24. The lowest BCUT2D eigenvalue weighted by Crippen LogP contribution is -2.07. The number of hydrogen-bond donors (Lipinski definition) is 1. The summed E-state index contributed by atoms with van der Waals surface area (Å²) in [7, 11) is 0. The van der Waals surface area contributed by atoms with Gasteiger partial charge in [0.05, 0.1) is 17.2 Å². The van der Waals surface area contributed by atoms with Gasteiger partial charge in [-0.25, -0.2) is 4.98 Å². The summed E-state index contributed by atoms with van der Waals surface area (Å²) in [6.07, 6.45) is 4.95. The van der Waals surface area contributed by atoms with Crippen molar-refractivity contribution >= 4 is 34.1 Å². The van der Waals surface area contributed by atoms with Crippen molar-refractivity contribution in [1.29, 1.82) is 0 Å². The number of nitrogens with zero attached hydrogens (tertiary/aromatic N) is 2. The maximum absolute atomic E-state index is 12.1. The zero-order valence-corrected chi connectivity index (χ0v) is 17.2. The molecule has 1 aromatic heterocycles. The molecule has 0 radical (unpaired) electrons. The summed E-state index contributed by atoms with van der Waals surface area (Å²) >= 11 is 1.32.